The van der Waals surface area contributed by atoms with Crippen LogP contribution in [0.25, 0.3) is 22.3 Å². The number of rotatable bonds is 7. The van der Waals surface area contributed by atoms with E-state index < -0.39 is 6.23 Å². The maximum atomic E-state index is 10.5. The highest BCUT2D eigenvalue weighted by molar-refractivity contribution is 5.89. The number of aliphatic hydroxyl groups excluding tert-OH is 1. The van der Waals surface area contributed by atoms with Crippen LogP contribution in [-0.4, -0.2) is 39.8 Å². The molecule has 0 radical (unpaired) electrons. The Hall–Kier alpha value is -4.18. The molecule has 3 aromatic heterocycles. The molecule has 1 fully saturated rings. The number of nitrogens with one attached hydrogen (secondary N) is 3. The fourth-order valence-electron chi connectivity index (χ4n) is 4.23. The van der Waals surface area contributed by atoms with Crippen LogP contribution < -0.4 is 10.6 Å². The summed E-state index contributed by atoms with van der Waals surface area (Å²) in [5, 5.41) is 34.2. The molecule has 1 aliphatic rings. The lowest BCUT2D eigenvalue weighted by Crippen LogP contribution is -2.10. The van der Waals surface area contributed by atoms with Crippen molar-refractivity contribution in [1.82, 2.24) is 34.7 Å². The van der Waals surface area contributed by atoms with E-state index in [1.807, 2.05) is 62.9 Å². The number of hydrogen-bond acceptors (Lipinski definition) is 7. The zero-order valence-corrected chi connectivity index (χ0v) is 18.9. The minimum atomic E-state index is -0.864. The largest absolute Gasteiger partial charge is 0.369 e. The molecule has 1 aliphatic carbocycles. The topological polar surface area (TPSA) is 122 Å². The summed E-state index contributed by atoms with van der Waals surface area (Å²) in [6, 6.07) is 13.5. The summed E-state index contributed by atoms with van der Waals surface area (Å²) in [5.74, 6) is 2.44. The standard InChI is InChI=1S/C24H25N9O/c1-32-12-11-20(30-32)27-23(34)16-7-5-15(6-8-16)22-28-24(33(2)31-22)26-19-10-9-18-17(13-25-29-18)21(19)14-3-4-14/h5-14,23,34H,3-4H2,1-2H3,(H,25,29)(H,27,30)(H,26,28,31). The molecule has 0 spiro atoms. The van der Waals surface area contributed by atoms with Gasteiger partial charge in [0.25, 0.3) is 0 Å². The second-order valence-electron chi connectivity index (χ2n) is 8.68. The molecule has 10 nitrogen and oxygen atoms in total. The number of anilines is 3. The Morgan fingerprint density at radius 1 is 1.06 bits per heavy atom. The van der Waals surface area contributed by atoms with E-state index in [-0.39, 0.29) is 0 Å². The third kappa shape index (κ3) is 3.77. The summed E-state index contributed by atoms with van der Waals surface area (Å²) in [6.07, 6.45) is 5.23. The lowest BCUT2D eigenvalue weighted by Gasteiger charge is -2.12. The van der Waals surface area contributed by atoms with Gasteiger partial charge in [0.15, 0.2) is 12.1 Å². The molecule has 2 aromatic carbocycles. The Morgan fingerprint density at radius 3 is 2.62 bits per heavy atom. The van der Waals surface area contributed by atoms with E-state index in [1.165, 1.54) is 18.4 Å². The van der Waals surface area contributed by atoms with Crippen molar-refractivity contribution in [1.29, 1.82) is 0 Å². The molecule has 0 saturated heterocycles. The van der Waals surface area contributed by atoms with Crippen molar-refractivity contribution >= 4 is 28.4 Å². The van der Waals surface area contributed by atoms with Gasteiger partial charge < -0.3 is 15.7 Å². The molecule has 1 atom stereocenters. The quantitative estimate of drug-likeness (QED) is 0.275. The zero-order chi connectivity index (χ0) is 23.2. The van der Waals surface area contributed by atoms with Crippen LogP contribution in [0.2, 0.25) is 0 Å². The minimum absolute atomic E-state index is 0.551. The van der Waals surface area contributed by atoms with E-state index in [0.717, 1.165) is 27.7 Å². The number of aliphatic hydroxyl groups is 1. The molecule has 1 saturated carbocycles. The maximum absolute atomic E-state index is 10.5. The highest BCUT2D eigenvalue weighted by atomic mass is 16.3. The van der Waals surface area contributed by atoms with Crippen molar-refractivity contribution in [2.24, 2.45) is 14.1 Å². The summed E-state index contributed by atoms with van der Waals surface area (Å²) < 4.78 is 3.42. The average Bonchev–Trinajstić information content (AvgIpc) is 3.22. The van der Waals surface area contributed by atoms with E-state index in [9.17, 15) is 5.11 Å². The summed E-state index contributed by atoms with van der Waals surface area (Å²) in [5.41, 5.74) is 4.97. The van der Waals surface area contributed by atoms with Gasteiger partial charge in [0, 0.05) is 48.6 Å². The maximum Gasteiger partial charge on any atom is 0.225 e. The summed E-state index contributed by atoms with van der Waals surface area (Å²) in [4.78, 5) is 4.74. The van der Waals surface area contributed by atoms with Crippen LogP contribution in [-0.2, 0) is 14.1 Å². The Bertz CT molecular complexity index is 1460. The van der Waals surface area contributed by atoms with Crippen LogP contribution in [0.15, 0.2) is 54.9 Å². The van der Waals surface area contributed by atoms with Crippen LogP contribution in [0.3, 0.4) is 0 Å². The zero-order valence-electron chi connectivity index (χ0n) is 18.9. The van der Waals surface area contributed by atoms with Crippen molar-refractivity contribution in [3.63, 3.8) is 0 Å². The predicted octanol–water partition coefficient (Wildman–Crippen LogP) is 3.82. The molecule has 0 amide bonds. The van der Waals surface area contributed by atoms with E-state index >= 15 is 0 Å². The SMILES string of the molecule is Cn1ccc(NC(O)c2ccc(-c3nc(Nc4ccc5[nH]ncc5c4C4CC4)n(C)n3)cc2)n1. The predicted molar refractivity (Wildman–Crippen MR) is 130 cm³/mol. The third-order valence-corrected chi connectivity index (χ3v) is 6.14. The molecule has 172 valence electrons. The van der Waals surface area contributed by atoms with Gasteiger partial charge in [-0.25, -0.2) is 4.68 Å². The Labute approximate surface area is 195 Å². The van der Waals surface area contributed by atoms with Gasteiger partial charge in [-0.1, -0.05) is 24.3 Å². The van der Waals surface area contributed by atoms with Gasteiger partial charge in [-0.05, 0) is 36.5 Å². The normalized spacial score (nSPS) is 14.4. The first kappa shape index (κ1) is 20.4. The second kappa shape index (κ2) is 7.99. The first-order valence-corrected chi connectivity index (χ1v) is 11.2. The van der Waals surface area contributed by atoms with Crippen molar-refractivity contribution < 1.29 is 5.11 Å². The van der Waals surface area contributed by atoms with Crippen LogP contribution in [0.5, 0.6) is 0 Å². The number of aromatic nitrogens is 7. The fourth-order valence-corrected chi connectivity index (χ4v) is 4.23. The molecule has 6 rings (SSSR count). The highest BCUT2D eigenvalue weighted by Gasteiger charge is 2.29. The highest BCUT2D eigenvalue weighted by Crippen LogP contribution is 2.47. The van der Waals surface area contributed by atoms with Gasteiger partial charge in [-0.15, -0.1) is 5.10 Å². The van der Waals surface area contributed by atoms with E-state index in [2.05, 4.69) is 37.1 Å². The van der Waals surface area contributed by atoms with Crippen molar-refractivity contribution in [2.45, 2.75) is 25.0 Å². The van der Waals surface area contributed by atoms with E-state index in [0.29, 0.717) is 23.5 Å². The van der Waals surface area contributed by atoms with Crippen molar-refractivity contribution in [2.75, 3.05) is 10.6 Å². The Kier molecular flexibility index (Phi) is 4.80. The summed E-state index contributed by atoms with van der Waals surface area (Å²) >= 11 is 0. The van der Waals surface area contributed by atoms with Crippen LogP contribution in [0, 0.1) is 0 Å². The molecular formula is C24H25N9O. The molecule has 10 heteroatoms. The number of nitrogens with zero attached hydrogens (tertiary/aromatic N) is 6. The number of fused-ring (bicyclic) bond motifs is 1. The minimum Gasteiger partial charge on any atom is -0.369 e. The van der Waals surface area contributed by atoms with Crippen LogP contribution in [0.4, 0.5) is 17.5 Å². The third-order valence-electron chi connectivity index (χ3n) is 6.14. The first-order valence-electron chi connectivity index (χ1n) is 11.2. The van der Waals surface area contributed by atoms with Crippen molar-refractivity contribution in [3.05, 3.63) is 66.0 Å². The lowest BCUT2D eigenvalue weighted by atomic mass is 10.0. The van der Waals surface area contributed by atoms with Crippen LogP contribution in [0.1, 0.15) is 36.1 Å². The number of H-pyrrole nitrogens is 1. The van der Waals surface area contributed by atoms with Crippen LogP contribution >= 0.6 is 0 Å². The fraction of sp³-hybridized carbons (Fsp3) is 0.250. The number of benzene rings is 2. The number of aryl methyl sites for hydroxylation is 2. The lowest BCUT2D eigenvalue weighted by molar-refractivity contribution is 0.207. The summed E-state index contributed by atoms with van der Waals surface area (Å²) in [6.45, 7) is 0. The van der Waals surface area contributed by atoms with Gasteiger partial charge in [-0.3, -0.25) is 9.78 Å². The van der Waals surface area contributed by atoms with Gasteiger partial charge >= 0.3 is 0 Å². The van der Waals surface area contributed by atoms with E-state index in [1.54, 1.807) is 9.36 Å². The molecule has 5 aromatic rings. The smallest absolute Gasteiger partial charge is 0.225 e. The average molecular weight is 456 g/mol. The molecule has 4 N–H and O–H groups in total. The molecule has 3 heterocycles. The van der Waals surface area contributed by atoms with Gasteiger partial charge in [0.2, 0.25) is 5.95 Å². The van der Waals surface area contributed by atoms with E-state index in [4.69, 9.17) is 4.98 Å². The number of hydrogen-bond donors (Lipinski definition) is 4. The second-order valence-corrected chi connectivity index (χ2v) is 8.68. The van der Waals surface area contributed by atoms with Crippen molar-refractivity contribution in [3.8, 4) is 11.4 Å². The Balaban J connectivity index is 1.23. The molecule has 0 bridgehead atoms. The monoisotopic (exact) mass is 455 g/mol. The first-order chi connectivity index (χ1) is 16.5. The summed E-state index contributed by atoms with van der Waals surface area (Å²) in [7, 11) is 3.71. The van der Waals surface area contributed by atoms with Gasteiger partial charge in [0.1, 0.15) is 5.82 Å². The van der Waals surface area contributed by atoms with Gasteiger partial charge in [-0.2, -0.15) is 15.2 Å². The number of aromatic amines is 1. The molecular weight excluding hydrogens is 430 g/mol. The Morgan fingerprint density at radius 2 is 1.88 bits per heavy atom. The van der Waals surface area contributed by atoms with Gasteiger partial charge in [0.05, 0.1) is 11.7 Å². The molecule has 1 unspecified atom stereocenters. The molecule has 0 aliphatic heterocycles. The molecule has 34 heavy (non-hydrogen) atoms.